The molecule has 1 rings (SSSR count). The lowest BCUT2D eigenvalue weighted by molar-refractivity contribution is 0.548. The quantitative estimate of drug-likeness (QED) is 0.470. The molecule has 1 aliphatic heterocycles. The monoisotopic (exact) mass is 126 g/mol. The number of rotatable bonds is 0. The Morgan fingerprint density at radius 1 is 1.00 bits per heavy atom. The molecule has 2 nitrogen and oxygen atoms in total. The highest BCUT2D eigenvalue weighted by Crippen LogP contribution is 1.95. The summed E-state index contributed by atoms with van der Waals surface area (Å²) in [6.07, 6.45) is 8.23. The van der Waals surface area contributed by atoms with Crippen LogP contribution in [0.15, 0.2) is 12.2 Å². The molecule has 0 fully saturated rings. The molecule has 0 unspecified atom stereocenters. The highest BCUT2D eigenvalue weighted by atomic mass is 15.3. The molecule has 0 aliphatic carbocycles. The summed E-state index contributed by atoms with van der Waals surface area (Å²) in [6, 6.07) is 0. The van der Waals surface area contributed by atoms with Crippen molar-refractivity contribution in [3.8, 4) is 0 Å². The van der Waals surface area contributed by atoms with Crippen LogP contribution in [-0.4, -0.2) is 13.1 Å². The van der Waals surface area contributed by atoms with Crippen LogP contribution >= 0.6 is 0 Å². The Hall–Kier alpha value is -0.340. The summed E-state index contributed by atoms with van der Waals surface area (Å²) < 4.78 is 0. The van der Waals surface area contributed by atoms with Gasteiger partial charge in [0.1, 0.15) is 0 Å². The summed E-state index contributed by atoms with van der Waals surface area (Å²) in [4.78, 5) is 0. The van der Waals surface area contributed by atoms with E-state index in [9.17, 15) is 0 Å². The number of hydrazine groups is 1. The maximum absolute atomic E-state index is 3.13. The van der Waals surface area contributed by atoms with Crippen molar-refractivity contribution in [3.63, 3.8) is 0 Å². The lowest BCUT2D eigenvalue weighted by atomic mass is 10.2. The second kappa shape index (κ2) is 4.53. The van der Waals surface area contributed by atoms with Crippen molar-refractivity contribution in [1.82, 2.24) is 10.9 Å². The zero-order valence-electron chi connectivity index (χ0n) is 5.69. The van der Waals surface area contributed by atoms with Gasteiger partial charge in [-0.3, -0.25) is 10.9 Å². The molecule has 9 heavy (non-hydrogen) atoms. The van der Waals surface area contributed by atoms with E-state index in [1.54, 1.807) is 0 Å². The second-order valence-electron chi connectivity index (χ2n) is 2.27. The number of allylic oxidation sites excluding steroid dienone is 1. The smallest absolute Gasteiger partial charge is 0.0280 e. The third-order valence-electron chi connectivity index (χ3n) is 1.43. The Labute approximate surface area is 56.3 Å². The minimum atomic E-state index is 0.958. The highest BCUT2D eigenvalue weighted by molar-refractivity contribution is 4.83. The van der Waals surface area contributed by atoms with E-state index in [2.05, 4.69) is 23.0 Å². The fourth-order valence-corrected chi connectivity index (χ4v) is 0.896. The molecular formula is C7H14N2. The number of nitrogens with one attached hydrogen (secondary N) is 2. The van der Waals surface area contributed by atoms with Crippen LogP contribution in [-0.2, 0) is 0 Å². The molecule has 0 atom stereocenters. The Morgan fingerprint density at radius 2 is 2.00 bits per heavy atom. The first-order valence-corrected chi connectivity index (χ1v) is 3.61. The van der Waals surface area contributed by atoms with Crippen molar-refractivity contribution in [2.24, 2.45) is 0 Å². The van der Waals surface area contributed by atoms with Crippen molar-refractivity contribution in [3.05, 3.63) is 12.2 Å². The molecule has 0 saturated carbocycles. The van der Waals surface area contributed by atoms with Crippen LogP contribution in [0.2, 0.25) is 0 Å². The highest BCUT2D eigenvalue weighted by Gasteiger charge is 1.88. The zero-order valence-corrected chi connectivity index (χ0v) is 5.69. The van der Waals surface area contributed by atoms with Gasteiger partial charge in [-0.1, -0.05) is 12.2 Å². The van der Waals surface area contributed by atoms with Gasteiger partial charge in [0.05, 0.1) is 0 Å². The van der Waals surface area contributed by atoms with E-state index in [0.717, 1.165) is 13.1 Å². The summed E-state index contributed by atoms with van der Waals surface area (Å²) in [5, 5.41) is 0. The molecule has 0 saturated heterocycles. The van der Waals surface area contributed by atoms with E-state index in [0.29, 0.717) is 0 Å². The predicted octanol–water partition coefficient (Wildman–Crippen LogP) is 0.821. The van der Waals surface area contributed by atoms with E-state index < -0.39 is 0 Å². The summed E-state index contributed by atoms with van der Waals surface area (Å²) in [6.45, 7) is 2.06. The van der Waals surface area contributed by atoms with E-state index in [1.807, 2.05) is 0 Å². The first-order chi connectivity index (χ1) is 4.50. The average molecular weight is 126 g/mol. The third-order valence-corrected chi connectivity index (χ3v) is 1.43. The minimum Gasteiger partial charge on any atom is -0.258 e. The van der Waals surface area contributed by atoms with Crippen molar-refractivity contribution in [2.45, 2.75) is 19.3 Å². The predicted molar refractivity (Wildman–Crippen MR) is 39.0 cm³/mol. The van der Waals surface area contributed by atoms with Crippen LogP contribution in [0.3, 0.4) is 0 Å². The molecule has 0 aromatic heterocycles. The maximum Gasteiger partial charge on any atom is 0.0280 e. The summed E-state index contributed by atoms with van der Waals surface area (Å²) in [5.74, 6) is 0. The van der Waals surface area contributed by atoms with Gasteiger partial charge < -0.3 is 0 Å². The van der Waals surface area contributed by atoms with Gasteiger partial charge >= 0.3 is 0 Å². The minimum absolute atomic E-state index is 0.958. The van der Waals surface area contributed by atoms with Crippen LogP contribution in [0.4, 0.5) is 0 Å². The van der Waals surface area contributed by atoms with Crippen molar-refractivity contribution < 1.29 is 0 Å². The van der Waals surface area contributed by atoms with Gasteiger partial charge in [-0.05, 0) is 19.3 Å². The zero-order chi connectivity index (χ0) is 6.36. The molecule has 0 spiro atoms. The summed E-state index contributed by atoms with van der Waals surface area (Å²) >= 11 is 0. The fraction of sp³-hybridized carbons (Fsp3) is 0.714. The molecule has 0 radical (unpaired) electrons. The van der Waals surface area contributed by atoms with Crippen LogP contribution in [0.5, 0.6) is 0 Å². The molecule has 2 heteroatoms. The van der Waals surface area contributed by atoms with Gasteiger partial charge in [0.15, 0.2) is 0 Å². The first-order valence-electron chi connectivity index (χ1n) is 3.61. The van der Waals surface area contributed by atoms with Crippen molar-refractivity contribution in [2.75, 3.05) is 13.1 Å². The largest absolute Gasteiger partial charge is 0.258 e. The van der Waals surface area contributed by atoms with Gasteiger partial charge in [0.25, 0.3) is 0 Å². The Bertz CT molecular complexity index is 78.9. The number of hydrogen-bond donors (Lipinski definition) is 2. The summed E-state index contributed by atoms with van der Waals surface area (Å²) in [5.41, 5.74) is 6.22. The second-order valence-corrected chi connectivity index (χ2v) is 2.27. The van der Waals surface area contributed by atoms with Gasteiger partial charge in [0.2, 0.25) is 0 Å². The van der Waals surface area contributed by atoms with E-state index in [4.69, 9.17) is 0 Å². The lowest BCUT2D eigenvalue weighted by Crippen LogP contribution is -2.32. The van der Waals surface area contributed by atoms with Gasteiger partial charge in [-0.2, -0.15) is 0 Å². The van der Waals surface area contributed by atoms with E-state index >= 15 is 0 Å². The van der Waals surface area contributed by atoms with Crippen LogP contribution < -0.4 is 10.9 Å². The molecule has 1 heterocycles. The molecule has 0 bridgehead atoms. The lowest BCUT2D eigenvalue weighted by Gasteiger charge is -2.00. The fourth-order valence-electron chi connectivity index (χ4n) is 0.896. The Balaban J connectivity index is 2.15. The maximum atomic E-state index is 3.13. The summed E-state index contributed by atoms with van der Waals surface area (Å²) in [7, 11) is 0. The van der Waals surface area contributed by atoms with E-state index in [-0.39, 0.29) is 0 Å². The van der Waals surface area contributed by atoms with Crippen LogP contribution in [0.1, 0.15) is 19.3 Å². The van der Waals surface area contributed by atoms with Gasteiger partial charge in [-0.15, -0.1) is 0 Å². The molecule has 1 aliphatic rings. The van der Waals surface area contributed by atoms with Crippen LogP contribution in [0, 0.1) is 0 Å². The topological polar surface area (TPSA) is 24.1 Å². The molecular weight excluding hydrogens is 112 g/mol. The van der Waals surface area contributed by atoms with Gasteiger partial charge in [0, 0.05) is 13.1 Å². The van der Waals surface area contributed by atoms with Gasteiger partial charge in [-0.25, -0.2) is 0 Å². The molecule has 52 valence electrons. The van der Waals surface area contributed by atoms with Crippen LogP contribution in [0.25, 0.3) is 0 Å². The standard InChI is InChI=1S/C7H14N2/c1-2-4-6-8-9-7-5-3-1/h2,4,8-9H,1,3,5-7H2/b4-2-. The SMILES string of the molecule is C1=C\CNNCCCC/1. The molecule has 2 N–H and O–H groups in total. The average Bonchev–Trinajstić information content (AvgIpc) is 2.00. The van der Waals surface area contributed by atoms with Crippen molar-refractivity contribution in [1.29, 1.82) is 0 Å². The molecule has 0 amide bonds. The van der Waals surface area contributed by atoms with Crippen molar-refractivity contribution >= 4 is 0 Å². The Morgan fingerprint density at radius 3 is 3.00 bits per heavy atom. The third kappa shape index (κ3) is 3.27. The molecule has 0 aromatic rings. The normalized spacial score (nSPS) is 25.8. The molecule has 0 aromatic carbocycles. The first kappa shape index (κ1) is 6.78. The Kier molecular flexibility index (Phi) is 3.41. The van der Waals surface area contributed by atoms with E-state index in [1.165, 1.54) is 19.3 Å². The number of hydrogen-bond acceptors (Lipinski definition) is 2.